The van der Waals surface area contributed by atoms with Crippen LogP contribution >= 0.6 is 27.3 Å². The standard InChI is InChI=1S/C21H30N4O2.C18H24N4.C17H25N5O6.C15H17BrN2O.C14H20N4O6S/c1-7-27-12-16-23-17-18(25(16)13-21(5,6)26)14-10-8-9-11-15(14)22-19(17)24-20(2,3)4;1-12(2)10-22-11-19-15-16(22)13-8-6-7-9-14(13)20-17(15)21-18(3,4)5;1-5-6-21-9-12(18-15(19-13(9)26)20-17(2,3)4)22(16(21)27)14-11(25)10(24)8(7-23)28-14;1-15(2,3)18-12-9-11(19)13(16)14(17-12)10-7-5-4-6-8-10;1-14(2,3)17-12-15-9-8(10(22)16-12)25-13(23)18(9)11-7(21)6(20)5(4-19)24-11/h8-11,26H,7,12-13H2,1-6H3,(H,22,24);6-9,11-12H,10H2,1-5H3,(H,20,21);5,8,10-11,14,23-25H,1,6-7H2,2-4H3,(H2,18,19,20,26);4-8H,9H2,1-3H3,(H,17,18);5-7,11,19-21H,4H2,1-3H3,(H2,15,16,17,22)/t;;8-,10-,11-,14-;;5-,6-,7-,11-/m..1.1/s1. The highest BCUT2D eigenvalue weighted by molar-refractivity contribution is 9.12. The van der Waals surface area contributed by atoms with Gasteiger partial charge in [0.15, 0.2) is 46.7 Å². The Hall–Kier alpha value is -9.96. The molecule has 0 saturated carbocycles. The molecule has 0 bridgehead atoms. The number of amidine groups is 1. The van der Waals surface area contributed by atoms with Gasteiger partial charge in [-0.1, -0.05) is 98.0 Å². The molecule has 3 aromatic carbocycles. The summed E-state index contributed by atoms with van der Waals surface area (Å²) in [4.78, 5) is 99.3. The summed E-state index contributed by atoms with van der Waals surface area (Å²) in [6.45, 7) is 45.0. The van der Waals surface area contributed by atoms with E-state index in [0.717, 1.165) is 93.2 Å². The molecule has 0 aliphatic carbocycles. The molecular weight excluding hydrogens is 1640 g/mol. The van der Waals surface area contributed by atoms with Crippen LogP contribution in [0.5, 0.6) is 0 Å². The third-order valence-electron chi connectivity index (χ3n) is 18.4. The molecule has 121 heavy (non-hydrogen) atoms. The molecule has 0 spiro atoms. The first-order valence-corrected chi connectivity index (χ1v) is 41.7. The fraction of sp³-hybridized carbons (Fsp3) is 0.506. The minimum Gasteiger partial charge on any atom is -0.394 e. The topological polar surface area (TPSA) is 461 Å². The number of aliphatic hydroxyl groups is 7. The lowest BCUT2D eigenvalue weighted by Gasteiger charge is -2.23. The summed E-state index contributed by atoms with van der Waals surface area (Å²) in [5, 5.41) is 88.0. The number of Topliss-reactive ketones (excluding diaryl/α,β-unsaturated/α-hetero) is 1. The Balaban J connectivity index is 0.000000160. The van der Waals surface area contributed by atoms with Crippen LogP contribution < -0.4 is 48.3 Å². The molecule has 2 saturated heterocycles. The second kappa shape index (κ2) is 37.4. The third-order valence-corrected chi connectivity index (χ3v) is 20.1. The SMILES string of the molecule is C=CCn1c(=O)n([C@@H]2O[C@H](CO)[C@@H](O)[C@H]2O)c2nc(NC(C)(C)C)[nH]c(=O)c21.CC(C)(C)N=C1CC(=O)C(Br)=C(c2ccccc2)N1.CC(C)(C)Nc1nc2c(sc(=O)n2[C@@H]2O[C@H](CO)[C@@H](O)[C@H]2O)c(=O)[nH]1.CC(C)Cn1cnc2c(NC(C)(C)C)nc3ccccc3c21.CCOCc1nc2c(NC(C)(C)C)nc3ccccc3c2n1CC(C)(C)O. The van der Waals surface area contributed by atoms with E-state index in [9.17, 15) is 59.7 Å². The number of hydrogen-bond donors (Lipinski definition) is 14. The Kier molecular flexibility index (Phi) is 28.8. The van der Waals surface area contributed by atoms with Gasteiger partial charge in [-0.3, -0.25) is 43.3 Å². The Morgan fingerprint density at radius 1 is 0.636 bits per heavy atom. The maximum Gasteiger partial charge on any atom is 0.333 e. The number of halogens is 1. The number of aliphatic imine (C=N–C) groups is 1. The number of H-pyrrole nitrogens is 2. The molecule has 14 N–H and O–H groups in total. The van der Waals surface area contributed by atoms with Crippen molar-refractivity contribution in [2.24, 2.45) is 10.9 Å². The lowest BCUT2D eigenvalue weighted by molar-refractivity contribution is -0.113. The number of nitrogens with one attached hydrogen (secondary N) is 7. The molecule has 8 atom stereocenters. The van der Waals surface area contributed by atoms with Crippen molar-refractivity contribution in [3.8, 4) is 0 Å². The quantitative estimate of drug-likeness (QED) is 0.0355. The van der Waals surface area contributed by atoms with E-state index < -0.39 is 95.1 Å². The number of aromatic amines is 2. The molecule has 3 aliphatic rings. The zero-order chi connectivity index (χ0) is 89.1. The minimum absolute atomic E-state index is 0.0119. The van der Waals surface area contributed by atoms with Crippen LogP contribution in [0.25, 0.3) is 71.1 Å². The first-order chi connectivity index (χ1) is 56.5. The van der Waals surface area contributed by atoms with Crippen molar-refractivity contribution in [2.45, 2.75) is 254 Å². The molecule has 11 aromatic rings. The lowest BCUT2D eigenvalue weighted by atomic mass is 10.0. The van der Waals surface area contributed by atoms with Crippen molar-refractivity contribution in [1.82, 2.24) is 68.0 Å². The minimum atomic E-state index is -1.49. The number of carbonyl (C=O) groups is 1. The average Bonchev–Trinajstić information content (AvgIpc) is 2.19. The summed E-state index contributed by atoms with van der Waals surface area (Å²) in [5.41, 5.74) is 3.81. The molecule has 2 fully saturated rings. The van der Waals surface area contributed by atoms with Crippen LogP contribution in [0.1, 0.15) is 169 Å². The predicted octanol–water partition coefficient (Wildman–Crippen LogP) is 9.93. The fourth-order valence-electron chi connectivity index (χ4n) is 13.7. The first-order valence-electron chi connectivity index (χ1n) is 40.1. The highest BCUT2D eigenvalue weighted by Crippen LogP contribution is 2.37. The number of fused-ring (bicyclic) bond motifs is 8. The summed E-state index contributed by atoms with van der Waals surface area (Å²) in [7, 11) is 0. The van der Waals surface area contributed by atoms with Gasteiger partial charge in [0.1, 0.15) is 70.6 Å². The number of aliphatic hydroxyl groups excluding tert-OH is 6. The van der Waals surface area contributed by atoms with Crippen LogP contribution in [-0.2, 0) is 45.2 Å². The molecule has 3 aliphatic heterocycles. The van der Waals surface area contributed by atoms with Crippen molar-refractivity contribution >= 4 is 133 Å². The van der Waals surface area contributed by atoms with Crippen LogP contribution in [0, 0.1) is 5.92 Å². The second-order valence-corrected chi connectivity index (χ2v) is 37.9. The van der Waals surface area contributed by atoms with E-state index in [1.165, 1.54) is 11.6 Å². The number of ketones is 1. The second-order valence-electron chi connectivity index (χ2n) is 36.1. The molecule has 0 unspecified atom stereocenters. The molecule has 0 radical (unpaired) electrons. The van der Waals surface area contributed by atoms with Crippen LogP contribution in [0.4, 0.5) is 23.5 Å². The highest BCUT2D eigenvalue weighted by Gasteiger charge is 2.47. The number of rotatable bonds is 18. The van der Waals surface area contributed by atoms with Gasteiger partial charge in [-0.05, 0) is 164 Å². The molecule has 11 heterocycles. The largest absolute Gasteiger partial charge is 0.394 e. The average molecular weight is 1760 g/mol. The Morgan fingerprint density at radius 3 is 1.64 bits per heavy atom. The summed E-state index contributed by atoms with van der Waals surface area (Å²) in [6, 6.07) is 26.1. The van der Waals surface area contributed by atoms with Gasteiger partial charge < -0.3 is 85.7 Å². The molecule has 0 amide bonds. The van der Waals surface area contributed by atoms with Crippen molar-refractivity contribution in [3.63, 3.8) is 0 Å². The summed E-state index contributed by atoms with van der Waals surface area (Å²) < 4.78 is 24.7. The number of imidazole rings is 3. The third kappa shape index (κ3) is 22.7. The number of anilines is 4. The predicted molar refractivity (Wildman–Crippen MR) is 478 cm³/mol. The van der Waals surface area contributed by atoms with Gasteiger partial charge in [-0.25, -0.2) is 29.3 Å². The molecule has 14 rings (SSSR count). The van der Waals surface area contributed by atoms with Crippen molar-refractivity contribution < 1.29 is 54.8 Å². The van der Waals surface area contributed by atoms with Crippen LogP contribution in [0.15, 0.2) is 126 Å². The number of thiazole rings is 1. The number of para-hydroxylation sites is 2. The van der Waals surface area contributed by atoms with Gasteiger partial charge in [0.05, 0.1) is 75.9 Å². The number of allylic oxidation sites excluding steroid dienone is 2. The first kappa shape index (κ1) is 93.3. The Labute approximate surface area is 712 Å². The van der Waals surface area contributed by atoms with Crippen molar-refractivity contribution in [1.29, 1.82) is 0 Å². The monoisotopic (exact) mass is 1750 g/mol. The van der Waals surface area contributed by atoms with E-state index >= 15 is 0 Å². The number of carbonyl (C=O) groups excluding carboxylic acids is 1. The van der Waals surface area contributed by atoms with E-state index in [-0.39, 0.29) is 67.9 Å². The van der Waals surface area contributed by atoms with Gasteiger partial charge in [0.2, 0.25) is 11.9 Å². The number of benzene rings is 3. The summed E-state index contributed by atoms with van der Waals surface area (Å²) in [5.74, 6) is 4.07. The highest BCUT2D eigenvalue weighted by atomic mass is 79.9. The number of hydrogen-bond acceptors (Lipinski definition) is 27. The molecule has 34 nitrogen and oxygen atoms in total. The zero-order valence-corrected chi connectivity index (χ0v) is 74.7. The van der Waals surface area contributed by atoms with E-state index in [4.69, 9.17) is 29.2 Å². The van der Waals surface area contributed by atoms with Crippen molar-refractivity contribution in [2.75, 3.05) is 41.1 Å². The van der Waals surface area contributed by atoms with E-state index in [1.54, 1.807) is 13.8 Å². The summed E-state index contributed by atoms with van der Waals surface area (Å²) >= 11 is 4.05. The molecule has 36 heteroatoms. The zero-order valence-electron chi connectivity index (χ0n) is 72.3. The maximum atomic E-state index is 13.0. The smallest absolute Gasteiger partial charge is 0.333 e. The number of nitrogens with zero attached hydrogens (tertiary/aromatic N) is 12. The fourth-order valence-corrected chi connectivity index (χ4v) is 15.0. The number of pyridine rings is 2. The van der Waals surface area contributed by atoms with Crippen LogP contribution in [-0.4, -0.2) is 200 Å². The molecule has 8 aromatic heterocycles. The van der Waals surface area contributed by atoms with Gasteiger partial charge in [0, 0.05) is 52.6 Å². The van der Waals surface area contributed by atoms with E-state index in [1.807, 2.05) is 130 Å². The molecular formula is C85H116BrN19O15S. The number of ether oxygens (including phenoxy) is 3. The summed E-state index contributed by atoms with van der Waals surface area (Å²) in [6.07, 6.45) is -6.64. The van der Waals surface area contributed by atoms with Gasteiger partial charge in [-0.2, -0.15) is 9.97 Å². The normalized spacial score (nSPS) is 19.5. The lowest BCUT2D eigenvalue weighted by Crippen LogP contribution is -2.36. The van der Waals surface area contributed by atoms with Gasteiger partial charge >= 0.3 is 10.6 Å². The van der Waals surface area contributed by atoms with Crippen molar-refractivity contribution in [3.05, 3.63) is 155 Å². The maximum absolute atomic E-state index is 13.0. The van der Waals surface area contributed by atoms with Crippen LogP contribution in [0.2, 0.25) is 0 Å². The molecule has 654 valence electrons. The van der Waals surface area contributed by atoms with E-state index in [0.29, 0.717) is 47.9 Å². The van der Waals surface area contributed by atoms with E-state index in [2.05, 4.69) is 168 Å². The Morgan fingerprint density at radius 2 is 1.14 bits per heavy atom. The van der Waals surface area contributed by atoms with Gasteiger partial charge in [-0.15, -0.1) is 6.58 Å². The van der Waals surface area contributed by atoms with Gasteiger partial charge in [0.25, 0.3) is 11.1 Å². The number of aromatic nitrogens is 13. The van der Waals surface area contributed by atoms with Crippen LogP contribution in [0.3, 0.4) is 0 Å². The Bertz CT molecular complexity index is 5860.